The number of halogens is 3. The number of alkyl halides is 3. The molecular weight excluding hydrogens is 387 g/mol. The number of nitrogens with zero attached hydrogens (tertiary/aromatic N) is 2. The largest absolute Gasteiger partial charge is 0.456 e. The van der Waals surface area contributed by atoms with E-state index in [0.717, 1.165) is 6.07 Å². The van der Waals surface area contributed by atoms with Gasteiger partial charge in [0.2, 0.25) is 15.8 Å². The van der Waals surface area contributed by atoms with Crippen molar-refractivity contribution in [2.45, 2.75) is 24.5 Å². The first-order valence-electron chi connectivity index (χ1n) is 8.12. The second-order valence-corrected chi connectivity index (χ2v) is 7.75. The van der Waals surface area contributed by atoms with E-state index in [4.69, 9.17) is 4.74 Å². The molecule has 148 valence electrons. The first kappa shape index (κ1) is 19.6. The van der Waals surface area contributed by atoms with Crippen LogP contribution in [0.4, 0.5) is 19.0 Å². The molecule has 0 spiro atoms. The second kappa shape index (κ2) is 7.49. The molecule has 0 amide bonds. The lowest BCUT2D eigenvalue weighted by Gasteiger charge is -2.27. The fourth-order valence-corrected chi connectivity index (χ4v) is 3.66. The number of pyridine rings is 1. The normalized spacial score (nSPS) is 15.9. The van der Waals surface area contributed by atoms with E-state index in [1.165, 1.54) is 19.2 Å². The monoisotopic (exact) mass is 405 g/mol. The number of furan rings is 1. The third-order valence-corrected chi connectivity index (χ3v) is 5.39. The molecule has 0 unspecified atom stereocenters. The Hall–Kier alpha value is -2.11. The van der Waals surface area contributed by atoms with E-state index >= 15 is 0 Å². The van der Waals surface area contributed by atoms with Crippen LogP contribution in [0.1, 0.15) is 17.1 Å². The van der Waals surface area contributed by atoms with Gasteiger partial charge in [0.25, 0.3) is 0 Å². The summed E-state index contributed by atoms with van der Waals surface area (Å²) in [5, 5.41) is 0. The highest BCUT2D eigenvalue weighted by molar-refractivity contribution is 7.89. The van der Waals surface area contributed by atoms with Gasteiger partial charge in [-0.2, -0.15) is 13.2 Å². The molecule has 3 rings (SSSR count). The molecule has 1 fully saturated rings. The van der Waals surface area contributed by atoms with Crippen LogP contribution in [0.15, 0.2) is 33.7 Å². The van der Waals surface area contributed by atoms with Crippen LogP contribution in [0.25, 0.3) is 0 Å². The Morgan fingerprint density at radius 1 is 1.26 bits per heavy atom. The van der Waals surface area contributed by atoms with Gasteiger partial charge in [-0.1, -0.05) is 0 Å². The second-order valence-electron chi connectivity index (χ2n) is 5.99. The lowest BCUT2D eigenvalue weighted by molar-refractivity contribution is -0.154. The lowest BCUT2D eigenvalue weighted by Crippen LogP contribution is -2.36. The highest BCUT2D eigenvalue weighted by Gasteiger charge is 2.38. The number of sulfonamides is 1. The molecule has 3 heterocycles. The zero-order valence-corrected chi connectivity index (χ0v) is 15.2. The maximum absolute atomic E-state index is 12.9. The van der Waals surface area contributed by atoms with E-state index < -0.39 is 28.5 Å². The van der Waals surface area contributed by atoms with Gasteiger partial charge >= 0.3 is 6.18 Å². The van der Waals surface area contributed by atoms with Crippen molar-refractivity contribution in [3.63, 3.8) is 0 Å². The quantitative estimate of drug-likeness (QED) is 0.822. The first-order chi connectivity index (χ1) is 12.7. The highest BCUT2D eigenvalue weighted by Crippen LogP contribution is 2.34. The van der Waals surface area contributed by atoms with Crippen LogP contribution in [-0.4, -0.2) is 39.7 Å². The van der Waals surface area contributed by atoms with Crippen LogP contribution in [-0.2, 0) is 27.5 Å². The standard InChI is InChI=1S/C16H18F3N3O4S/c1-11-8-12(15(26-11)16(17,18)19)9-21-27(23,24)13-2-3-14(20-10-13)22-4-6-25-7-5-22/h2-3,8,10,21H,4-7,9H2,1H3. The van der Waals surface area contributed by atoms with E-state index in [-0.39, 0.29) is 16.2 Å². The summed E-state index contributed by atoms with van der Waals surface area (Å²) in [4.78, 5) is 5.96. The molecule has 0 saturated carbocycles. The van der Waals surface area contributed by atoms with Crippen molar-refractivity contribution in [2.24, 2.45) is 0 Å². The number of aryl methyl sites for hydroxylation is 1. The first-order valence-corrected chi connectivity index (χ1v) is 9.60. The molecule has 0 bridgehead atoms. The van der Waals surface area contributed by atoms with Gasteiger partial charge in [-0.05, 0) is 25.1 Å². The number of rotatable bonds is 5. The van der Waals surface area contributed by atoms with Gasteiger partial charge in [0.05, 0.1) is 13.2 Å². The minimum absolute atomic E-state index is 0.0491. The summed E-state index contributed by atoms with van der Waals surface area (Å²) < 4.78 is 75.6. The van der Waals surface area contributed by atoms with Gasteiger partial charge in [0.1, 0.15) is 16.5 Å². The van der Waals surface area contributed by atoms with E-state index in [1.807, 2.05) is 4.90 Å². The lowest BCUT2D eigenvalue weighted by atomic mass is 10.2. The van der Waals surface area contributed by atoms with E-state index in [9.17, 15) is 21.6 Å². The number of anilines is 1. The van der Waals surface area contributed by atoms with Gasteiger partial charge in [-0.25, -0.2) is 18.1 Å². The Labute approximate surface area is 154 Å². The van der Waals surface area contributed by atoms with Crippen LogP contribution < -0.4 is 9.62 Å². The molecule has 11 heteroatoms. The summed E-state index contributed by atoms with van der Waals surface area (Å²) in [6.45, 7) is 3.25. The molecule has 0 aliphatic carbocycles. The molecule has 27 heavy (non-hydrogen) atoms. The number of aromatic nitrogens is 1. The minimum Gasteiger partial charge on any atom is -0.456 e. The van der Waals surface area contributed by atoms with Crippen molar-refractivity contribution in [3.05, 3.63) is 41.5 Å². The Morgan fingerprint density at radius 2 is 1.96 bits per heavy atom. The summed E-state index contributed by atoms with van der Waals surface area (Å²) >= 11 is 0. The van der Waals surface area contributed by atoms with Crippen molar-refractivity contribution < 1.29 is 30.7 Å². The highest BCUT2D eigenvalue weighted by atomic mass is 32.2. The Bertz CT molecular complexity index is 889. The molecule has 1 aliphatic heterocycles. The van der Waals surface area contributed by atoms with E-state index in [0.29, 0.717) is 32.1 Å². The fourth-order valence-electron chi connectivity index (χ4n) is 2.71. The average molecular weight is 405 g/mol. The van der Waals surface area contributed by atoms with Crippen molar-refractivity contribution in [1.29, 1.82) is 0 Å². The third kappa shape index (κ3) is 4.60. The molecule has 1 aliphatic rings. The third-order valence-electron chi connectivity index (χ3n) is 4.01. The van der Waals surface area contributed by atoms with Crippen molar-refractivity contribution in [1.82, 2.24) is 9.71 Å². The Kier molecular flexibility index (Phi) is 5.45. The van der Waals surface area contributed by atoms with Crippen LogP contribution in [0.2, 0.25) is 0 Å². The summed E-state index contributed by atoms with van der Waals surface area (Å²) in [5.74, 6) is -0.543. The van der Waals surface area contributed by atoms with Gasteiger partial charge in [-0.3, -0.25) is 0 Å². The van der Waals surface area contributed by atoms with Crippen LogP contribution in [0, 0.1) is 6.92 Å². The molecule has 1 saturated heterocycles. The smallest absolute Gasteiger partial charge is 0.449 e. The molecular formula is C16H18F3N3O4S. The maximum Gasteiger partial charge on any atom is 0.449 e. The summed E-state index contributed by atoms with van der Waals surface area (Å²) in [7, 11) is -4.02. The topological polar surface area (TPSA) is 84.7 Å². The van der Waals surface area contributed by atoms with Crippen molar-refractivity contribution in [3.8, 4) is 0 Å². The zero-order valence-electron chi connectivity index (χ0n) is 14.4. The Morgan fingerprint density at radius 3 is 2.56 bits per heavy atom. The number of nitrogens with one attached hydrogen (secondary N) is 1. The Balaban J connectivity index is 1.72. The molecule has 7 nitrogen and oxygen atoms in total. The molecule has 2 aromatic rings. The fraction of sp³-hybridized carbons (Fsp3) is 0.438. The van der Waals surface area contributed by atoms with Gasteiger partial charge in [0.15, 0.2) is 0 Å². The number of ether oxygens (including phenoxy) is 1. The van der Waals surface area contributed by atoms with Gasteiger partial charge < -0.3 is 14.1 Å². The predicted octanol–water partition coefficient (Wildman–Crippen LogP) is 2.32. The molecule has 0 radical (unpaired) electrons. The summed E-state index contributed by atoms with van der Waals surface area (Å²) in [6, 6.07) is 4.08. The minimum atomic E-state index is -4.70. The summed E-state index contributed by atoms with van der Waals surface area (Å²) in [6.07, 6.45) is -3.52. The number of morpholine rings is 1. The molecule has 1 N–H and O–H groups in total. The maximum atomic E-state index is 12.9. The zero-order chi connectivity index (χ0) is 19.7. The van der Waals surface area contributed by atoms with Gasteiger partial charge in [0, 0.05) is 31.4 Å². The van der Waals surface area contributed by atoms with Crippen molar-refractivity contribution in [2.75, 3.05) is 31.2 Å². The van der Waals surface area contributed by atoms with Crippen molar-refractivity contribution >= 4 is 15.8 Å². The summed E-state index contributed by atoms with van der Waals surface area (Å²) in [5.41, 5.74) is -0.276. The van der Waals surface area contributed by atoms with Crippen LogP contribution in [0.5, 0.6) is 0 Å². The number of hydrogen-bond acceptors (Lipinski definition) is 6. The van der Waals surface area contributed by atoms with E-state index in [2.05, 4.69) is 14.1 Å². The molecule has 2 aromatic heterocycles. The SMILES string of the molecule is Cc1cc(CNS(=O)(=O)c2ccc(N3CCOCC3)nc2)c(C(F)(F)F)o1. The van der Waals surface area contributed by atoms with Gasteiger partial charge in [-0.15, -0.1) is 0 Å². The number of hydrogen-bond donors (Lipinski definition) is 1. The van der Waals surface area contributed by atoms with E-state index in [1.54, 1.807) is 6.07 Å². The molecule has 0 aromatic carbocycles. The van der Waals surface area contributed by atoms with Crippen LogP contribution >= 0.6 is 0 Å². The average Bonchev–Trinajstić information content (AvgIpc) is 3.02. The molecule has 0 atom stereocenters. The van der Waals surface area contributed by atoms with Crippen LogP contribution in [0.3, 0.4) is 0 Å². The predicted molar refractivity (Wildman–Crippen MR) is 89.7 cm³/mol.